The van der Waals surface area contributed by atoms with Gasteiger partial charge < -0.3 is 15.5 Å². The molecule has 0 bridgehead atoms. The molecule has 110 valence electrons. The van der Waals surface area contributed by atoms with Crippen LogP contribution in [0.25, 0.3) is 0 Å². The third kappa shape index (κ3) is 12.3. The Kier molecular flexibility index (Phi) is 11.9. The maximum Gasteiger partial charge on any atom is 0.00103 e. The third-order valence-corrected chi connectivity index (χ3v) is 3.10. The molecule has 0 rings (SSSR count). The Hall–Kier alpha value is -0.120. The molecular formula is C15H35N3. The Morgan fingerprint density at radius 3 is 1.78 bits per heavy atom. The summed E-state index contributed by atoms with van der Waals surface area (Å²) in [5, 5.41) is 6.95. The summed E-state index contributed by atoms with van der Waals surface area (Å²) in [5.41, 5.74) is 0. The van der Waals surface area contributed by atoms with Gasteiger partial charge in [-0.05, 0) is 52.0 Å². The molecule has 0 aliphatic carbocycles. The van der Waals surface area contributed by atoms with E-state index in [9.17, 15) is 0 Å². The number of nitrogens with zero attached hydrogens (tertiary/aromatic N) is 1. The van der Waals surface area contributed by atoms with Crippen molar-refractivity contribution in [3.05, 3.63) is 0 Å². The number of rotatable bonds is 12. The lowest BCUT2D eigenvalue weighted by Crippen LogP contribution is -2.31. The molecule has 2 N–H and O–H groups in total. The average Bonchev–Trinajstić information content (AvgIpc) is 2.30. The topological polar surface area (TPSA) is 27.3 Å². The zero-order valence-electron chi connectivity index (χ0n) is 13.3. The van der Waals surface area contributed by atoms with Crippen molar-refractivity contribution in [1.29, 1.82) is 0 Å². The summed E-state index contributed by atoms with van der Waals surface area (Å²) in [6.07, 6.45) is 3.86. The molecule has 0 aliphatic heterocycles. The van der Waals surface area contributed by atoms with Crippen LogP contribution >= 0.6 is 0 Å². The van der Waals surface area contributed by atoms with Gasteiger partial charge in [0.25, 0.3) is 0 Å². The van der Waals surface area contributed by atoms with Gasteiger partial charge in [-0.3, -0.25) is 0 Å². The van der Waals surface area contributed by atoms with Crippen molar-refractivity contribution in [2.75, 3.05) is 32.7 Å². The summed E-state index contributed by atoms with van der Waals surface area (Å²) in [6.45, 7) is 17.1. The molecule has 0 saturated carbocycles. The van der Waals surface area contributed by atoms with E-state index in [4.69, 9.17) is 0 Å². The highest BCUT2D eigenvalue weighted by atomic mass is 15.1. The molecule has 0 aliphatic rings. The number of hydrogen-bond acceptors (Lipinski definition) is 3. The summed E-state index contributed by atoms with van der Waals surface area (Å²) in [4.78, 5) is 2.57. The van der Waals surface area contributed by atoms with E-state index in [1.807, 2.05) is 0 Å². The van der Waals surface area contributed by atoms with Crippen molar-refractivity contribution in [1.82, 2.24) is 15.5 Å². The van der Waals surface area contributed by atoms with E-state index < -0.39 is 0 Å². The first-order valence-electron chi connectivity index (χ1n) is 7.75. The van der Waals surface area contributed by atoms with Crippen LogP contribution in [0.5, 0.6) is 0 Å². The predicted molar refractivity (Wildman–Crippen MR) is 82.2 cm³/mol. The fourth-order valence-electron chi connectivity index (χ4n) is 1.97. The zero-order valence-corrected chi connectivity index (χ0v) is 13.3. The summed E-state index contributed by atoms with van der Waals surface area (Å²) in [6, 6.07) is 1.23. The van der Waals surface area contributed by atoms with E-state index >= 15 is 0 Å². The van der Waals surface area contributed by atoms with Gasteiger partial charge in [0.05, 0.1) is 0 Å². The summed E-state index contributed by atoms with van der Waals surface area (Å²) < 4.78 is 0. The van der Waals surface area contributed by atoms with Crippen LogP contribution in [-0.2, 0) is 0 Å². The van der Waals surface area contributed by atoms with Gasteiger partial charge >= 0.3 is 0 Å². The highest BCUT2D eigenvalue weighted by Gasteiger charge is 2.02. The van der Waals surface area contributed by atoms with Gasteiger partial charge in [0.1, 0.15) is 0 Å². The minimum atomic E-state index is 0.613. The van der Waals surface area contributed by atoms with Crippen LogP contribution in [0, 0.1) is 0 Å². The van der Waals surface area contributed by atoms with Gasteiger partial charge in [-0.25, -0.2) is 0 Å². The number of hydrogen-bond donors (Lipinski definition) is 2. The number of unbranched alkanes of at least 4 members (excludes halogenated alkanes) is 1. The Morgan fingerprint density at radius 1 is 0.778 bits per heavy atom. The molecule has 3 nitrogen and oxygen atoms in total. The van der Waals surface area contributed by atoms with Crippen LogP contribution in [0.15, 0.2) is 0 Å². The third-order valence-electron chi connectivity index (χ3n) is 3.10. The fraction of sp³-hybridized carbons (Fsp3) is 1.00. The van der Waals surface area contributed by atoms with Crippen molar-refractivity contribution in [2.45, 2.75) is 66.0 Å². The van der Waals surface area contributed by atoms with Crippen LogP contribution in [0.2, 0.25) is 0 Å². The minimum Gasteiger partial charge on any atom is -0.315 e. The van der Waals surface area contributed by atoms with Crippen LogP contribution in [-0.4, -0.2) is 49.7 Å². The van der Waals surface area contributed by atoms with E-state index in [1.165, 1.54) is 38.9 Å². The number of nitrogens with one attached hydrogen (secondary N) is 2. The van der Waals surface area contributed by atoms with Crippen LogP contribution in [0.3, 0.4) is 0 Å². The van der Waals surface area contributed by atoms with Gasteiger partial charge in [0.2, 0.25) is 0 Å². The smallest absolute Gasteiger partial charge is 0.00103 e. The van der Waals surface area contributed by atoms with Gasteiger partial charge in [0.15, 0.2) is 0 Å². The van der Waals surface area contributed by atoms with Crippen molar-refractivity contribution in [2.24, 2.45) is 0 Å². The quantitative estimate of drug-likeness (QED) is 0.526. The Bertz CT molecular complexity index is 169. The lowest BCUT2D eigenvalue weighted by atomic mass is 10.2. The largest absolute Gasteiger partial charge is 0.315 e. The Balaban J connectivity index is 3.40. The van der Waals surface area contributed by atoms with E-state index in [0.29, 0.717) is 12.1 Å². The van der Waals surface area contributed by atoms with Gasteiger partial charge in [-0.15, -0.1) is 0 Å². The average molecular weight is 257 g/mol. The second-order valence-corrected chi connectivity index (χ2v) is 5.71. The van der Waals surface area contributed by atoms with E-state index in [2.05, 4.69) is 50.2 Å². The summed E-state index contributed by atoms with van der Waals surface area (Å²) in [5.74, 6) is 0. The molecule has 0 aromatic rings. The highest BCUT2D eigenvalue weighted by Crippen LogP contribution is 1.97. The van der Waals surface area contributed by atoms with Crippen LogP contribution in [0.4, 0.5) is 0 Å². The molecule has 0 aromatic carbocycles. The van der Waals surface area contributed by atoms with Gasteiger partial charge in [-0.1, -0.05) is 34.6 Å². The SMILES string of the molecule is CCN(CCCCNC(C)C)CCCNC(C)C. The first-order chi connectivity index (χ1) is 8.56. The Morgan fingerprint density at radius 2 is 1.28 bits per heavy atom. The fourth-order valence-corrected chi connectivity index (χ4v) is 1.97. The molecule has 18 heavy (non-hydrogen) atoms. The molecule has 0 amide bonds. The van der Waals surface area contributed by atoms with Gasteiger partial charge in [-0.2, -0.15) is 0 Å². The normalized spacial score (nSPS) is 12.0. The summed E-state index contributed by atoms with van der Waals surface area (Å²) in [7, 11) is 0. The van der Waals surface area contributed by atoms with E-state index in [-0.39, 0.29) is 0 Å². The summed E-state index contributed by atoms with van der Waals surface area (Å²) >= 11 is 0. The first kappa shape index (κ1) is 17.9. The maximum absolute atomic E-state index is 3.48. The molecule has 0 radical (unpaired) electrons. The molecule has 0 atom stereocenters. The van der Waals surface area contributed by atoms with E-state index in [0.717, 1.165) is 13.1 Å². The second-order valence-electron chi connectivity index (χ2n) is 5.71. The molecule has 0 aromatic heterocycles. The van der Waals surface area contributed by atoms with E-state index in [1.54, 1.807) is 0 Å². The molecule has 0 saturated heterocycles. The van der Waals surface area contributed by atoms with Crippen molar-refractivity contribution >= 4 is 0 Å². The second kappa shape index (κ2) is 11.9. The highest BCUT2D eigenvalue weighted by molar-refractivity contribution is 4.60. The van der Waals surface area contributed by atoms with Crippen molar-refractivity contribution < 1.29 is 0 Å². The van der Waals surface area contributed by atoms with Crippen LogP contribution in [0.1, 0.15) is 53.9 Å². The molecule has 3 heteroatoms. The molecular weight excluding hydrogens is 222 g/mol. The standard InChI is InChI=1S/C15H35N3/c1-6-18(13-9-11-17-15(4)5)12-8-7-10-16-14(2)3/h14-17H,6-13H2,1-5H3. The molecule has 0 unspecified atom stereocenters. The molecule has 0 heterocycles. The minimum absolute atomic E-state index is 0.613. The lowest BCUT2D eigenvalue weighted by molar-refractivity contribution is 0.275. The van der Waals surface area contributed by atoms with Crippen molar-refractivity contribution in [3.63, 3.8) is 0 Å². The molecule has 0 fully saturated rings. The predicted octanol–water partition coefficient (Wildman–Crippen LogP) is 2.47. The zero-order chi connectivity index (χ0) is 13.8. The molecule has 0 spiro atoms. The first-order valence-corrected chi connectivity index (χ1v) is 7.75. The van der Waals surface area contributed by atoms with Crippen molar-refractivity contribution in [3.8, 4) is 0 Å². The van der Waals surface area contributed by atoms with Gasteiger partial charge in [0, 0.05) is 12.1 Å². The Labute approximate surface area is 115 Å². The van der Waals surface area contributed by atoms with Crippen LogP contribution < -0.4 is 10.6 Å². The maximum atomic E-state index is 3.48. The monoisotopic (exact) mass is 257 g/mol. The lowest BCUT2D eigenvalue weighted by Gasteiger charge is -2.21.